The maximum absolute atomic E-state index is 14.7. The molecule has 0 radical (unpaired) electrons. The summed E-state index contributed by atoms with van der Waals surface area (Å²) in [6, 6.07) is 11.5. The van der Waals surface area contributed by atoms with Crippen LogP contribution in [0.15, 0.2) is 54.7 Å². The number of carbonyl (C=O) groups is 3. The van der Waals surface area contributed by atoms with E-state index in [1.165, 1.54) is 18.5 Å². The van der Waals surface area contributed by atoms with Gasteiger partial charge in [0.2, 0.25) is 17.7 Å². The molecule has 3 N–H and O–H groups in total. The molecule has 2 bridgehead atoms. The molecule has 0 saturated carbocycles. The molecule has 0 aliphatic carbocycles. The van der Waals surface area contributed by atoms with Gasteiger partial charge in [-0.1, -0.05) is 43.2 Å². The number of carbonyl (C=O) groups excluding carboxylic acids is 3. The zero-order valence-corrected chi connectivity index (χ0v) is 26.7. The van der Waals surface area contributed by atoms with Crippen molar-refractivity contribution in [1.82, 2.24) is 15.2 Å². The fourth-order valence-electron chi connectivity index (χ4n) is 5.39. The summed E-state index contributed by atoms with van der Waals surface area (Å²) in [5.41, 5.74) is 5.20. The third-order valence-corrected chi connectivity index (χ3v) is 8.18. The number of aromatic nitrogens is 1. The molecular weight excluding hydrogens is 620 g/mol. The van der Waals surface area contributed by atoms with E-state index < -0.39 is 11.6 Å². The SMILES string of the molecule is CC(=O)NC=S.CNc1ccc2c(c1)NC(=O)[C@H](C)CCC[C@H](N1CCC(c3c(F)ccc(Cl)c3F)=CC1=O)c1cc-2ccn1. The highest BCUT2D eigenvalue weighted by molar-refractivity contribution is 7.78. The molecule has 1 aromatic heterocycles. The number of halogens is 3. The number of hydrogen-bond acceptors (Lipinski definition) is 6. The minimum absolute atomic E-state index is 0.0666. The van der Waals surface area contributed by atoms with Crippen molar-refractivity contribution in [3.05, 3.63) is 82.7 Å². The third kappa shape index (κ3) is 8.09. The zero-order chi connectivity index (χ0) is 32.7. The van der Waals surface area contributed by atoms with Gasteiger partial charge in [-0.15, -0.1) is 0 Å². The minimum atomic E-state index is -0.864. The molecule has 2 aliphatic heterocycles. The van der Waals surface area contributed by atoms with Gasteiger partial charge in [0.15, 0.2) is 5.82 Å². The third-order valence-electron chi connectivity index (χ3n) is 7.77. The Balaban J connectivity index is 0.000000700. The lowest BCUT2D eigenvalue weighted by atomic mass is 9.92. The van der Waals surface area contributed by atoms with Crippen LogP contribution in [-0.2, 0) is 14.4 Å². The van der Waals surface area contributed by atoms with Crippen LogP contribution in [0.1, 0.15) is 56.8 Å². The molecule has 0 unspecified atom stereocenters. The molecule has 8 nitrogen and oxygen atoms in total. The molecule has 236 valence electrons. The van der Waals surface area contributed by atoms with E-state index in [9.17, 15) is 23.2 Å². The summed E-state index contributed by atoms with van der Waals surface area (Å²) in [7, 11) is 1.82. The fourth-order valence-corrected chi connectivity index (χ4v) is 5.71. The molecule has 12 heteroatoms. The number of rotatable bonds is 4. The van der Waals surface area contributed by atoms with E-state index in [0.29, 0.717) is 24.9 Å². The lowest BCUT2D eigenvalue weighted by Crippen LogP contribution is -2.38. The van der Waals surface area contributed by atoms with Crippen LogP contribution in [0.4, 0.5) is 20.2 Å². The zero-order valence-electron chi connectivity index (χ0n) is 25.1. The molecular formula is C33H34ClF2N5O3S. The predicted molar refractivity (Wildman–Crippen MR) is 177 cm³/mol. The van der Waals surface area contributed by atoms with Gasteiger partial charge in [0, 0.05) is 50.0 Å². The lowest BCUT2D eigenvalue weighted by Gasteiger charge is -2.34. The van der Waals surface area contributed by atoms with Crippen LogP contribution < -0.4 is 16.0 Å². The van der Waals surface area contributed by atoms with Gasteiger partial charge in [-0.25, -0.2) is 8.78 Å². The Morgan fingerprint density at radius 2 is 1.93 bits per heavy atom. The number of fused-ring (bicyclic) bond motifs is 4. The van der Waals surface area contributed by atoms with E-state index in [2.05, 4.69) is 33.2 Å². The highest BCUT2D eigenvalue weighted by Crippen LogP contribution is 2.38. The van der Waals surface area contributed by atoms with Gasteiger partial charge in [0.25, 0.3) is 0 Å². The lowest BCUT2D eigenvalue weighted by molar-refractivity contribution is -0.129. The van der Waals surface area contributed by atoms with E-state index >= 15 is 0 Å². The number of anilines is 2. The summed E-state index contributed by atoms with van der Waals surface area (Å²) in [4.78, 5) is 42.6. The van der Waals surface area contributed by atoms with Gasteiger partial charge in [-0.05, 0) is 66.8 Å². The molecule has 0 fully saturated rings. The van der Waals surface area contributed by atoms with Crippen LogP contribution in [0.25, 0.3) is 16.7 Å². The molecule has 3 heterocycles. The van der Waals surface area contributed by atoms with Gasteiger partial charge in [-0.2, -0.15) is 0 Å². The average Bonchev–Trinajstić information content (AvgIpc) is 3.01. The number of amides is 3. The van der Waals surface area contributed by atoms with Crippen LogP contribution in [0.2, 0.25) is 5.02 Å². The molecule has 2 aromatic carbocycles. The Labute approximate surface area is 271 Å². The molecule has 2 atom stereocenters. The first kappa shape index (κ1) is 33.7. The molecule has 0 saturated heterocycles. The first-order valence-electron chi connectivity index (χ1n) is 14.5. The Hall–Kier alpha value is -4.22. The van der Waals surface area contributed by atoms with Crippen molar-refractivity contribution in [2.45, 2.75) is 45.6 Å². The summed E-state index contributed by atoms with van der Waals surface area (Å²) in [5, 5.41) is 8.26. The van der Waals surface area contributed by atoms with E-state index in [4.69, 9.17) is 11.6 Å². The van der Waals surface area contributed by atoms with Crippen molar-refractivity contribution in [1.29, 1.82) is 0 Å². The van der Waals surface area contributed by atoms with Crippen molar-refractivity contribution < 1.29 is 23.2 Å². The molecule has 45 heavy (non-hydrogen) atoms. The second-order valence-corrected chi connectivity index (χ2v) is 11.4. The monoisotopic (exact) mass is 653 g/mol. The van der Waals surface area contributed by atoms with Crippen LogP contribution in [0, 0.1) is 17.6 Å². The van der Waals surface area contributed by atoms with E-state index in [-0.39, 0.29) is 58.8 Å². The van der Waals surface area contributed by atoms with Crippen molar-refractivity contribution >= 4 is 64.0 Å². The van der Waals surface area contributed by atoms with Crippen molar-refractivity contribution in [2.75, 3.05) is 24.2 Å². The quantitative estimate of drug-likeness (QED) is 0.209. The Morgan fingerprint density at radius 1 is 1.16 bits per heavy atom. The van der Waals surface area contributed by atoms with Gasteiger partial charge < -0.3 is 20.9 Å². The van der Waals surface area contributed by atoms with Gasteiger partial charge in [-0.3, -0.25) is 19.4 Å². The number of thiocarbonyl (C=S) groups is 1. The topological polar surface area (TPSA) is 103 Å². The Bertz CT molecular complexity index is 1650. The number of benzene rings is 2. The predicted octanol–water partition coefficient (Wildman–Crippen LogP) is 6.92. The normalized spacial score (nSPS) is 18.1. The van der Waals surface area contributed by atoms with E-state index in [1.807, 2.05) is 44.3 Å². The number of pyridine rings is 1. The Morgan fingerprint density at radius 3 is 2.60 bits per heavy atom. The largest absolute Gasteiger partial charge is 0.388 e. The maximum Gasteiger partial charge on any atom is 0.247 e. The second kappa shape index (κ2) is 15.2. The molecule has 3 aromatic rings. The van der Waals surface area contributed by atoms with Gasteiger partial charge in [0.05, 0.1) is 33.5 Å². The highest BCUT2D eigenvalue weighted by atomic mass is 35.5. The maximum atomic E-state index is 14.7. The minimum Gasteiger partial charge on any atom is -0.388 e. The van der Waals surface area contributed by atoms with Gasteiger partial charge in [0.1, 0.15) is 5.82 Å². The summed E-state index contributed by atoms with van der Waals surface area (Å²) in [6.07, 6.45) is 5.18. The van der Waals surface area contributed by atoms with Crippen molar-refractivity contribution in [3.8, 4) is 11.1 Å². The number of nitrogens with one attached hydrogen (secondary N) is 3. The molecule has 3 amide bonds. The number of nitrogens with zero attached hydrogens (tertiary/aromatic N) is 2. The summed E-state index contributed by atoms with van der Waals surface area (Å²) >= 11 is 10.2. The van der Waals surface area contributed by atoms with Crippen LogP contribution in [0.3, 0.4) is 0 Å². The number of hydrogen-bond donors (Lipinski definition) is 3. The molecule has 5 rings (SSSR count). The van der Waals surface area contributed by atoms with E-state index in [0.717, 1.165) is 34.6 Å². The van der Waals surface area contributed by atoms with Crippen molar-refractivity contribution in [3.63, 3.8) is 0 Å². The highest BCUT2D eigenvalue weighted by Gasteiger charge is 2.31. The summed E-state index contributed by atoms with van der Waals surface area (Å²) in [6.45, 7) is 3.57. The second-order valence-electron chi connectivity index (χ2n) is 10.8. The Kier molecular flexibility index (Phi) is 11.4. The summed E-state index contributed by atoms with van der Waals surface area (Å²) < 4.78 is 29.2. The molecule has 0 spiro atoms. The van der Waals surface area contributed by atoms with E-state index in [1.54, 1.807) is 11.1 Å². The molecule has 2 aliphatic rings. The summed E-state index contributed by atoms with van der Waals surface area (Å²) in [5.74, 6) is -2.38. The van der Waals surface area contributed by atoms with Crippen LogP contribution in [0.5, 0.6) is 0 Å². The first-order chi connectivity index (χ1) is 21.5. The fraction of sp³-hybridized carbons (Fsp3) is 0.303. The van der Waals surface area contributed by atoms with Crippen LogP contribution >= 0.6 is 23.8 Å². The van der Waals surface area contributed by atoms with Crippen LogP contribution in [-0.4, -0.2) is 46.7 Å². The smallest absolute Gasteiger partial charge is 0.247 e. The standard InChI is InChI=1S/C30H29ClF2N4O2.C3H5NOS/c1-17-4-3-5-26(37-13-11-19(15-27(37)38)28-23(32)9-8-22(31)29(28)33)25-14-18(10-12-35-25)21-7-6-20(34-2)16-24(21)36-30(17)39;1-3(5)4-2-6/h6-10,12,14-17,26,34H,3-5,11,13H2,1-2H3,(H,36,39);2H,1H3,(H,4,5,6)/t17-,26+;/m1./s1. The first-order valence-corrected chi connectivity index (χ1v) is 15.3. The van der Waals surface area contributed by atoms with Crippen molar-refractivity contribution in [2.24, 2.45) is 5.92 Å². The average molecular weight is 654 g/mol. The van der Waals surface area contributed by atoms with Gasteiger partial charge >= 0.3 is 0 Å².